The van der Waals surface area contributed by atoms with E-state index in [9.17, 15) is 50.4 Å². The van der Waals surface area contributed by atoms with Gasteiger partial charge in [0.2, 0.25) is 11.5 Å². The van der Waals surface area contributed by atoms with E-state index in [1.54, 1.807) is 0 Å². The molecule has 0 bridgehead atoms. The van der Waals surface area contributed by atoms with Gasteiger partial charge in [0.15, 0.2) is 33.5 Å². The number of aromatic hydroxyl groups is 8. The minimum Gasteiger partial charge on any atom is -0.508 e. The summed E-state index contributed by atoms with van der Waals surface area (Å²) in [4.78, 5) is 24.1. The van der Waals surface area contributed by atoms with Crippen LogP contribution in [-0.2, 0) is 0 Å². The monoisotopic (exact) mass is 572 g/mol. The smallest absolute Gasteiger partial charge is 0.202 e. The van der Waals surface area contributed by atoms with Gasteiger partial charge < -0.3 is 49.7 Å². The molecule has 0 aliphatic rings. The first-order chi connectivity index (χ1) is 19.9. The zero-order chi connectivity index (χ0) is 30.3. The SMILES string of the molecule is O=c1cc(-c2ccc(O)cc2)oc2c(O)c(O)cc(O)c12.O=c1cc(-c2ccc(O)cc2)oc2c(O)c(O)cc(O)c12. The van der Waals surface area contributed by atoms with E-state index in [2.05, 4.69) is 0 Å². The molecule has 6 aromatic rings. The summed E-state index contributed by atoms with van der Waals surface area (Å²) in [6.07, 6.45) is 0. The molecule has 0 aliphatic carbocycles. The van der Waals surface area contributed by atoms with Crippen molar-refractivity contribution in [3.05, 3.63) is 93.2 Å². The fourth-order valence-electron chi connectivity index (χ4n) is 4.11. The summed E-state index contributed by atoms with van der Waals surface area (Å²) in [7, 11) is 0. The zero-order valence-corrected chi connectivity index (χ0v) is 21.1. The Balaban J connectivity index is 0.000000168. The predicted octanol–water partition coefficient (Wildman–Crippen LogP) is 4.56. The van der Waals surface area contributed by atoms with E-state index in [1.807, 2.05) is 0 Å². The second-order valence-corrected chi connectivity index (χ2v) is 8.98. The molecule has 2 aromatic heterocycles. The molecule has 8 N–H and O–H groups in total. The lowest BCUT2D eigenvalue weighted by Gasteiger charge is -2.07. The van der Waals surface area contributed by atoms with Crippen molar-refractivity contribution >= 4 is 21.9 Å². The molecule has 4 aromatic carbocycles. The average molecular weight is 572 g/mol. The van der Waals surface area contributed by atoms with Crippen LogP contribution in [0, 0.1) is 0 Å². The second kappa shape index (κ2) is 10.4. The van der Waals surface area contributed by atoms with E-state index >= 15 is 0 Å². The van der Waals surface area contributed by atoms with E-state index in [-0.39, 0.29) is 45.0 Å². The first-order valence-corrected chi connectivity index (χ1v) is 12.0. The highest BCUT2D eigenvalue weighted by atomic mass is 16.4. The summed E-state index contributed by atoms with van der Waals surface area (Å²) < 4.78 is 10.8. The van der Waals surface area contributed by atoms with E-state index < -0.39 is 45.4 Å². The lowest BCUT2D eigenvalue weighted by Crippen LogP contribution is -2.01. The number of phenolic OH excluding ortho intramolecular Hbond substituents is 8. The summed E-state index contributed by atoms with van der Waals surface area (Å²) in [6, 6.07) is 15.8. The Morgan fingerprint density at radius 3 is 1.10 bits per heavy atom. The third-order valence-corrected chi connectivity index (χ3v) is 6.17. The van der Waals surface area contributed by atoms with Crippen molar-refractivity contribution in [3.8, 4) is 68.6 Å². The Hall–Kier alpha value is -6.30. The molecule has 0 radical (unpaired) electrons. The topological polar surface area (TPSA) is 222 Å². The normalized spacial score (nSPS) is 10.9. The van der Waals surface area contributed by atoms with E-state index in [0.29, 0.717) is 11.1 Å². The molecular weight excluding hydrogens is 552 g/mol. The van der Waals surface area contributed by atoms with Crippen LogP contribution < -0.4 is 10.9 Å². The molecule has 6 rings (SSSR count). The number of fused-ring (bicyclic) bond motifs is 2. The Bertz CT molecular complexity index is 1940. The zero-order valence-electron chi connectivity index (χ0n) is 21.1. The third kappa shape index (κ3) is 4.91. The molecule has 0 unspecified atom stereocenters. The van der Waals surface area contributed by atoms with Crippen LogP contribution in [0.4, 0.5) is 0 Å². The number of benzene rings is 4. The van der Waals surface area contributed by atoms with E-state index in [0.717, 1.165) is 24.3 Å². The van der Waals surface area contributed by atoms with Crippen molar-refractivity contribution in [1.29, 1.82) is 0 Å². The molecule has 0 aliphatic heterocycles. The number of rotatable bonds is 2. The minimum absolute atomic E-state index is 0.0556. The fraction of sp³-hybridized carbons (Fsp3) is 0. The van der Waals surface area contributed by atoms with Crippen molar-refractivity contribution in [2.75, 3.05) is 0 Å². The molecule has 12 heteroatoms. The van der Waals surface area contributed by atoms with Gasteiger partial charge in [0, 0.05) is 35.4 Å². The highest BCUT2D eigenvalue weighted by molar-refractivity contribution is 5.92. The van der Waals surface area contributed by atoms with Gasteiger partial charge in [-0.3, -0.25) is 9.59 Å². The third-order valence-electron chi connectivity index (χ3n) is 6.17. The molecule has 0 saturated carbocycles. The van der Waals surface area contributed by atoms with Crippen LogP contribution >= 0.6 is 0 Å². The predicted molar refractivity (Wildman–Crippen MR) is 149 cm³/mol. The largest absolute Gasteiger partial charge is 0.508 e. The molecule has 42 heavy (non-hydrogen) atoms. The molecule has 0 fully saturated rings. The highest BCUT2D eigenvalue weighted by Crippen LogP contribution is 2.40. The van der Waals surface area contributed by atoms with Gasteiger partial charge in [-0.25, -0.2) is 0 Å². The Kier molecular flexibility index (Phi) is 6.72. The average Bonchev–Trinajstić information content (AvgIpc) is 2.95. The quantitative estimate of drug-likeness (QED) is 0.106. The summed E-state index contributed by atoms with van der Waals surface area (Å²) in [5.41, 5.74) is -0.742. The van der Waals surface area contributed by atoms with Crippen LogP contribution in [0.2, 0.25) is 0 Å². The molecule has 0 amide bonds. The van der Waals surface area contributed by atoms with Crippen molar-refractivity contribution in [1.82, 2.24) is 0 Å². The van der Waals surface area contributed by atoms with Crippen LogP contribution in [0.15, 0.2) is 91.2 Å². The van der Waals surface area contributed by atoms with Crippen molar-refractivity contribution in [2.45, 2.75) is 0 Å². The highest BCUT2D eigenvalue weighted by Gasteiger charge is 2.19. The Morgan fingerprint density at radius 2 is 0.762 bits per heavy atom. The second-order valence-electron chi connectivity index (χ2n) is 8.98. The van der Waals surface area contributed by atoms with Crippen LogP contribution in [0.3, 0.4) is 0 Å². The van der Waals surface area contributed by atoms with Gasteiger partial charge in [0.25, 0.3) is 0 Å². The molecule has 0 saturated heterocycles. The summed E-state index contributed by atoms with van der Waals surface area (Å²) >= 11 is 0. The molecule has 212 valence electrons. The first-order valence-electron chi connectivity index (χ1n) is 12.0. The summed E-state index contributed by atoms with van der Waals surface area (Å²) in [5.74, 6) is -3.02. The summed E-state index contributed by atoms with van der Waals surface area (Å²) in [6.45, 7) is 0. The van der Waals surface area contributed by atoms with Gasteiger partial charge in [-0.1, -0.05) is 0 Å². The van der Waals surface area contributed by atoms with Gasteiger partial charge in [0.05, 0.1) is 0 Å². The minimum atomic E-state index is -0.625. The van der Waals surface area contributed by atoms with Crippen molar-refractivity contribution in [3.63, 3.8) is 0 Å². The Morgan fingerprint density at radius 1 is 0.429 bits per heavy atom. The van der Waals surface area contributed by atoms with Gasteiger partial charge in [-0.05, 0) is 48.5 Å². The van der Waals surface area contributed by atoms with E-state index in [4.69, 9.17) is 8.83 Å². The number of phenols is 8. The Labute approximate surface area is 233 Å². The molecule has 0 spiro atoms. The van der Waals surface area contributed by atoms with Crippen LogP contribution in [0.5, 0.6) is 46.0 Å². The van der Waals surface area contributed by atoms with Gasteiger partial charge in [-0.2, -0.15) is 0 Å². The lowest BCUT2D eigenvalue weighted by molar-refractivity contribution is 0.394. The maximum atomic E-state index is 12.1. The first kappa shape index (κ1) is 27.3. The number of hydrogen-bond acceptors (Lipinski definition) is 12. The molecule has 12 nitrogen and oxygen atoms in total. The maximum absolute atomic E-state index is 12.1. The van der Waals surface area contributed by atoms with Crippen molar-refractivity contribution in [2.24, 2.45) is 0 Å². The molecule has 0 atom stereocenters. The van der Waals surface area contributed by atoms with Crippen LogP contribution in [-0.4, -0.2) is 40.9 Å². The van der Waals surface area contributed by atoms with Gasteiger partial charge >= 0.3 is 0 Å². The van der Waals surface area contributed by atoms with Crippen LogP contribution in [0.25, 0.3) is 44.6 Å². The van der Waals surface area contributed by atoms with Crippen molar-refractivity contribution < 1.29 is 49.7 Å². The lowest BCUT2D eigenvalue weighted by atomic mass is 10.1. The maximum Gasteiger partial charge on any atom is 0.202 e. The van der Waals surface area contributed by atoms with Crippen LogP contribution in [0.1, 0.15) is 0 Å². The standard InChI is InChI=1S/2C15H10O6/c2*16-8-3-1-7(2-4-8)12-6-10(18)13-9(17)5-11(19)14(20)15(13)21-12/h2*1-6,16-17,19-20H. The van der Waals surface area contributed by atoms with E-state index in [1.165, 1.54) is 48.5 Å². The van der Waals surface area contributed by atoms with Gasteiger partial charge in [-0.15, -0.1) is 0 Å². The number of hydrogen-bond donors (Lipinski definition) is 8. The molecule has 2 heterocycles. The van der Waals surface area contributed by atoms with Gasteiger partial charge in [0.1, 0.15) is 45.3 Å². The fourth-order valence-corrected chi connectivity index (χ4v) is 4.11. The summed E-state index contributed by atoms with van der Waals surface area (Å²) in [5, 5.41) is 76.0. The molecular formula is C30H20O12.